The van der Waals surface area contributed by atoms with Gasteiger partial charge in [-0.3, -0.25) is 0 Å². The van der Waals surface area contributed by atoms with Gasteiger partial charge in [0.05, 0.1) is 12.8 Å². The fraction of sp³-hybridized carbons (Fsp3) is 0.222. The number of ether oxygens (including phenoxy) is 1. The van der Waals surface area contributed by atoms with Gasteiger partial charge in [0.2, 0.25) is 0 Å². The Balaban J connectivity index is 2.91. The van der Waals surface area contributed by atoms with Crippen LogP contribution in [0.15, 0.2) is 29.4 Å². The van der Waals surface area contributed by atoms with E-state index in [4.69, 9.17) is 9.94 Å². The van der Waals surface area contributed by atoms with Crippen LogP contribution in [0.5, 0.6) is 5.75 Å². The highest BCUT2D eigenvalue weighted by molar-refractivity contribution is 5.82. The lowest BCUT2D eigenvalue weighted by molar-refractivity contribution is 0.320. The van der Waals surface area contributed by atoms with Gasteiger partial charge in [-0.25, -0.2) is 0 Å². The fourth-order valence-corrected chi connectivity index (χ4v) is 0.936. The minimum Gasteiger partial charge on any atom is -0.493 e. The number of rotatable bonds is 3. The Bertz CT molecular complexity index is 271. The van der Waals surface area contributed by atoms with E-state index in [1.54, 1.807) is 0 Å². The molecule has 1 aromatic rings. The van der Waals surface area contributed by atoms with Gasteiger partial charge < -0.3 is 9.94 Å². The predicted molar refractivity (Wildman–Crippen MR) is 47.0 cm³/mol. The number of para-hydroxylation sites is 1. The lowest BCUT2D eigenvalue weighted by atomic mass is 10.2. The Kier molecular flexibility index (Phi) is 3.14. The highest BCUT2D eigenvalue weighted by Crippen LogP contribution is 2.15. The van der Waals surface area contributed by atoms with Crippen molar-refractivity contribution in [2.75, 3.05) is 6.61 Å². The molecule has 0 spiro atoms. The third kappa shape index (κ3) is 1.99. The standard InChI is InChI=1S/C9H11NO2/c1-2-12-9-6-4-3-5-8(9)7-10-11/h3-7,11H,2H2,1H3/b10-7-. The van der Waals surface area contributed by atoms with E-state index in [2.05, 4.69) is 5.16 Å². The quantitative estimate of drug-likeness (QED) is 0.422. The summed E-state index contributed by atoms with van der Waals surface area (Å²) in [6.07, 6.45) is 1.35. The molecule has 0 aliphatic heterocycles. The molecule has 0 atom stereocenters. The second-order valence-electron chi connectivity index (χ2n) is 2.22. The molecule has 1 N–H and O–H groups in total. The first-order valence-electron chi connectivity index (χ1n) is 3.77. The van der Waals surface area contributed by atoms with Gasteiger partial charge in [-0.2, -0.15) is 0 Å². The zero-order valence-electron chi connectivity index (χ0n) is 6.90. The highest BCUT2D eigenvalue weighted by atomic mass is 16.5. The highest BCUT2D eigenvalue weighted by Gasteiger charge is 1.97. The van der Waals surface area contributed by atoms with Crippen molar-refractivity contribution in [1.82, 2.24) is 0 Å². The Hall–Kier alpha value is -1.51. The molecule has 0 bridgehead atoms. The Morgan fingerprint density at radius 3 is 2.92 bits per heavy atom. The molecule has 0 heterocycles. The second kappa shape index (κ2) is 4.38. The normalized spacial score (nSPS) is 10.4. The molecular weight excluding hydrogens is 154 g/mol. The summed E-state index contributed by atoms with van der Waals surface area (Å²) in [7, 11) is 0. The molecular formula is C9H11NO2. The average molecular weight is 165 g/mol. The minimum atomic E-state index is 0.607. The van der Waals surface area contributed by atoms with Gasteiger partial charge in [0.15, 0.2) is 0 Å². The first kappa shape index (κ1) is 8.59. The van der Waals surface area contributed by atoms with Gasteiger partial charge in [-0.15, -0.1) is 0 Å². The number of oxime groups is 1. The molecule has 1 rings (SSSR count). The molecule has 0 saturated carbocycles. The van der Waals surface area contributed by atoms with Crippen LogP contribution < -0.4 is 4.74 Å². The lowest BCUT2D eigenvalue weighted by Crippen LogP contribution is -1.95. The number of hydrogen-bond donors (Lipinski definition) is 1. The lowest BCUT2D eigenvalue weighted by Gasteiger charge is -2.04. The van der Waals surface area contributed by atoms with Crippen molar-refractivity contribution in [2.45, 2.75) is 6.92 Å². The molecule has 0 amide bonds. The first-order chi connectivity index (χ1) is 5.88. The largest absolute Gasteiger partial charge is 0.493 e. The summed E-state index contributed by atoms with van der Waals surface area (Å²) in [4.78, 5) is 0. The number of benzene rings is 1. The van der Waals surface area contributed by atoms with E-state index < -0.39 is 0 Å². The molecule has 64 valence electrons. The Labute approximate surface area is 71.3 Å². The van der Waals surface area contributed by atoms with Crippen LogP contribution in [0.4, 0.5) is 0 Å². The Morgan fingerprint density at radius 2 is 2.25 bits per heavy atom. The second-order valence-corrected chi connectivity index (χ2v) is 2.22. The van der Waals surface area contributed by atoms with Crippen LogP contribution in [0.1, 0.15) is 12.5 Å². The van der Waals surface area contributed by atoms with Crippen molar-refractivity contribution in [1.29, 1.82) is 0 Å². The van der Waals surface area contributed by atoms with Gasteiger partial charge in [-0.05, 0) is 19.1 Å². The Morgan fingerprint density at radius 1 is 1.50 bits per heavy atom. The molecule has 0 fully saturated rings. The summed E-state index contributed by atoms with van der Waals surface area (Å²) >= 11 is 0. The maximum Gasteiger partial charge on any atom is 0.128 e. The van der Waals surface area contributed by atoms with Crippen LogP contribution in [0, 0.1) is 0 Å². The summed E-state index contributed by atoms with van der Waals surface area (Å²) in [6, 6.07) is 7.39. The van der Waals surface area contributed by atoms with Crippen LogP contribution in [0.2, 0.25) is 0 Å². The topological polar surface area (TPSA) is 41.8 Å². The van der Waals surface area contributed by atoms with Gasteiger partial charge in [-0.1, -0.05) is 17.3 Å². The monoisotopic (exact) mass is 165 g/mol. The minimum absolute atomic E-state index is 0.607. The number of hydrogen-bond acceptors (Lipinski definition) is 3. The van der Waals surface area contributed by atoms with Gasteiger partial charge in [0.25, 0.3) is 0 Å². The summed E-state index contributed by atoms with van der Waals surface area (Å²) in [5, 5.41) is 11.3. The zero-order chi connectivity index (χ0) is 8.81. The van der Waals surface area contributed by atoms with Crippen molar-refractivity contribution in [3.05, 3.63) is 29.8 Å². The molecule has 0 radical (unpaired) electrons. The van der Waals surface area contributed by atoms with Gasteiger partial charge in [0.1, 0.15) is 5.75 Å². The molecule has 1 aromatic carbocycles. The smallest absolute Gasteiger partial charge is 0.128 e. The average Bonchev–Trinajstić information content (AvgIpc) is 2.09. The summed E-state index contributed by atoms with van der Waals surface area (Å²) < 4.78 is 5.29. The zero-order valence-corrected chi connectivity index (χ0v) is 6.90. The molecule has 3 heteroatoms. The molecule has 0 aliphatic rings. The van der Waals surface area contributed by atoms with E-state index in [1.165, 1.54) is 6.21 Å². The van der Waals surface area contributed by atoms with Crippen molar-refractivity contribution in [3.63, 3.8) is 0 Å². The van der Waals surface area contributed by atoms with Crippen molar-refractivity contribution in [3.8, 4) is 5.75 Å². The van der Waals surface area contributed by atoms with E-state index in [0.29, 0.717) is 6.61 Å². The van der Waals surface area contributed by atoms with E-state index in [9.17, 15) is 0 Å². The van der Waals surface area contributed by atoms with Crippen molar-refractivity contribution < 1.29 is 9.94 Å². The molecule has 3 nitrogen and oxygen atoms in total. The van der Waals surface area contributed by atoms with Crippen LogP contribution in [-0.2, 0) is 0 Å². The molecule has 0 aliphatic carbocycles. The van der Waals surface area contributed by atoms with E-state index >= 15 is 0 Å². The maximum atomic E-state index is 8.33. The molecule has 12 heavy (non-hydrogen) atoms. The molecule has 0 saturated heterocycles. The summed E-state index contributed by atoms with van der Waals surface area (Å²) in [5.41, 5.74) is 0.779. The van der Waals surface area contributed by atoms with Crippen LogP contribution in [-0.4, -0.2) is 18.0 Å². The molecule has 0 unspecified atom stereocenters. The number of nitrogens with zero attached hydrogens (tertiary/aromatic N) is 1. The fourth-order valence-electron chi connectivity index (χ4n) is 0.936. The van der Waals surface area contributed by atoms with Crippen LogP contribution in [0.25, 0.3) is 0 Å². The van der Waals surface area contributed by atoms with E-state index in [-0.39, 0.29) is 0 Å². The maximum absolute atomic E-state index is 8.33. The summed E-state index contributed by atoms with van der Waals surface area (Å²) in [5.74, 6) is 0.734. The summed E-state index contributed by atoms with van der Waals surface area (Å²) in [6.45, 7) is 2.52. The third-order valence-electron chi connectivity index (χ3n) is 1.42. The van der Waals surface area contributed by atoms with Gasteiger partial charge >= 0.3 is 0 Å². The van der Waals surface area contributed by atoms with Crippen molar-refractivity contribution in [2.24, 2.45) is 5.16 Å². The first-order valence-corrected chi connectivity index (χ1v) is 3.77. The van der Waals surface area contributed by atoms with Crippen LogP contribution >= 0.6 is 0 Å². The van der Waals surface area contributed by atoms with E-state index in [0.717, 1.165) is 11.3 Å². The molecule has 0 aromatic heterocycles. The third-order valence-corrected chi connectivity index (χ3v) is 1.42. The van der Waals surface area contributed by atoms with Crippen LogP contribution in [0.3, 0.4) is 0 Å². The predicted octanol–water partition coefficient (Wildman–Crippen LogP) is 1.89. The van der Waals surface area contributed by atoms with E-state index in [1.807, 2.05) is 31.2 Å². The SMILES string of the molecule is CCOc1ccccc1/C=N\O. The van der Waals surface area contributed by atoms with Crippen molar-refractivity contribution >= 4 is 6.21 Å². The van der Waals surface area contributed by atoms with Gasteiger partial charge in [0, 0.05) is 5.56 Å².